The molecule has 350 valence electrons. The van der Waals surface area contributed by atoms with Gasteiger partial charge in [-0.1, -0.05) is 127 Å². The predicted molar refractivity (Wildman–Crippen MR) is 249 cm³/mol. The van der Waals surface area contributed by atoms with Crippen molar-refractivity contribution >= 4 is 17.7 Å². The summed E-state index contributed by atoms with van der Waals surface area (Å²) in [6.45, 7) is 9.07. The molecule has 0 unspecified atom stereocenters. The van der Waals surface area contributed by atoms with Crippen molar-refractivity contribution in [3.8, 4) is 0 Å². The first-order chi connectivity index (χ1) is 31.6. The van der Waals surface area contributed by atoms with Crippen molar-refractivity contribution < 1.29 is 64.6 Å². The standard InChI is InChI=1S/C44H47O8.C10H14NO2.Fe/c1-33(43(45)50-31-38-24-14-15-25-38)26-51-44-42(49-30-37-22-12-5-13-23-37)41(48-29-36-20-10-4-11-21-36)40(47-28-35-18-8-3-9-19-35)39(52-44)32-46-27-34-16-6-2-7-17-34;1-10(2,3)13-9(12)11-8-6-4-5-7-8;/h2-25,33,39-42,44H,26-32H2,1H3;4-7H,1-3H3,(H,11,12);/q2*-1;+2/t33-,39-,40-,41+,42+,44+;;/m1../s1. The molecule has 1 heterocycles. The summed E-state index contributed by atoms with van der Waals surface area (Å²) < 4.78 is 50.2. The van der Waals surface area contributed by atoms with Crippen LogP contribution in [0.4, 0.5) is 10.5 Å². The van der Waals surface area contributed by atoms with Crippen molar-refractivity contribution in [2.24, 2.45) is 5.92 Å². The Labute approximate surface area is 399 Å². The second-order valence-electron chi connectivity index (χ2n) is 16.8. The summed E-state index contributed by atoms with van der Waals surface area (Å²) in [6, 6.07) is 54.9. The number of ether oxygens (including phenoxy) is 8. The van der Waals surface area contributed by atoms with Gasteiger partial charge in [0.1, 0.15) is 30.0 Å². The quantitative estimate of drug-likeness (QED) is 0.0450. The van der Waals surface area contributed by atoms with E-state index in [1.165, 1.54) is 0 Å². The van der Waals surface area contributed by atoms with Gasteiger partial charge in [-0.3, -0.25) is 4.79 Å². The SMILES string of the molecule is CC(C)(C)OC(=O)Nc1ccc[cH-]1.C[C@H](CO[C@H]1O[C@H](COCc2ccccc2)[C@@H](OCc2ccccc2)[C@H](OCc2ccccc2)[C@@H]1OCc1ccccc1)C(=O)OCc1ccc[cH-]1.[Fe+2]. The number of carbonyl (C=O) groups is 2. The summed E-state index contributed by atoms with van der Waals surface area (Å²) in [5.41, 5.74) is 5.30. The first-order valence-corrected chi connectivity index (χ1v) is 22.0. The van der Waals surface area contributed by atoms with Crippen molar-refractivity contribution in [2.45, 2.75) is 97.0 Å². The third kappa shape index (κ3) is 17.8. The molecule has 1 N–H and O–H groups in total. The van der Waals surface area contributed by atoms with Crippen molar-refractivity contribution in [1.29, 1.82) is 0 Å². The summed E-state index contributed by atoms with van der Waals surface area (Å²) in [6.07, 6.45) is -3.85. The zero-order valence-electron chi connectivity index (χ0n) is 38.0. The number of rotatable bonds is 20. The van der Waals surface area contributed by atoms with Crippen LogP contribution in [0.1, 0.15) is 55.5 Å². The van der Waals surface area contributed by atoms with Crippen LogP contribution in [-0.4, -0.2) is 61.6 Å². The molecule has 1 aliphatic heterocycles. The van der Waals surface area contributed by atoms with Gasteiger partial charge in [0.25, 0.3) is 0 Å². The third-order valence-electron chi connectivity index (χ3n) is 10.2. The van der Waals surface area contributed by atoms with Gasteiger partial charge in [-0.2, -0.15) is 24.3 Å². The van der Waals surface area contributed by atoms with Gasteiger partial charge in [-0.25, -0.2) is 23.0 Å². The summed E-state index contributed by atoms with van der Waals surface area (Å²) in [5.74, 6) is -0.917. The normalized spacial score (nSPS) is 18.5. The van der Waals surface area contributed by atoms with Gasteiger partial charge in [0, 0.05) is 0 Å². The first kappa shape index (κ1) is 51.6. The average Bonchev–Trinajstić information content (AvgIpc) is 4.04. The van der Waals surface area contributed by atoms with Crippen molar-refractivity contribution in [3.05, 3.63) is 198 Å². The van der Waals surface area contributed by atoms with Crippen LogP contribution in [0.25, 0.3) is 0 Å². The van der Waals surface area contributed by atoms with Gasteiger partial charge in [-0.15, -0.1) is 11.6 Å². The topological polar surface area (TPSA) is 120 Å². The predicted octanol–water partition coefficient (Wildman–Crippen LogP) is 10.5. The molecule has 7 rings (SSSR count). The Morgan fingerprint density at radius 2 is 1.11 bits per heavy atom. The summed E-state index contributed by atoms with van der Waals surface area (Å²) >= 11 is 0. The molecular formula is C54H61FeNO10. The first-order valence-electron chi connectivity index (χ1n) is 22.0. The molecule has 6 atom stereocenters. The number of benzene rings is 4. The Morgan fingerprint density at radius 1 is 0.606 bits per heavy atom. The van der Waals surface area contributed by atoms with Crippen LogP contribution in [0.5, 0.6) is 0 Å². The molecule has 12 heteroatoms. The molecule has 11 nitrogen and oxygen atoms in total. The molecule has 1 aliphatic rings. The van der Waals surface area contributed by atoms with Gasteiger partial charge in [0.15, 0.2) is 6.29 Å². The van der Waals surface area contributed by atoms with Crippen LogP contribution < -0.4 is 5.32 Å². The molecule has 0 saturated carbocycles. The van der Waals surface area contributed by atoms with Crippen molar-refractivity contribution in [3.63, 3.8) is 0 Å². The minimum Gasteiger partial charge on any atom is -0.463 e. The molecule has 1 saturated heterocycles. The Kier molecular flexibility index (Phi) is 21.3. The van der Waals surface area contributed by atoms with Crippen LogP contribution in [0.3, 0.4) is 0 Å². The maximum absolute atomic E-state index is 13.0. The van der Waals surface area contributed by atoms with Crippen LogP contribution >= 0.6 is 0 Å². The summed E-state index contributed by atoms with van der Waals surface area (Å²) in [4.78, 5) is 24.2. The zero-order valence-corrected chi connectivity index (χ0v) is 39.1. The monoisotopic (exact) mass is 939 g/mol. The number of amides is 1. The van der Waals surface area contributed by atoms with E-state index in [4.69, 9.17) is 37.9 Å². The maximum atomic E-state index is 13.0. The van der Waals surface area contributed by atoms with E-state index in [0.717, 1.165) is 33.5 Å². The molecule has 6 aromatic rings. The molecule has 0 aromatic heterocycles. The smallest absolute Gasteiger partial charge is 0.463 e. The number of nitrogens with one attached hydrogen (secondary N) is 1. The van der Waals surface area contributed by atoms with E-state index in [1.807, 2.05) is 191 Å². The van der Waals surface area contributed by atoms with E-state index in [9.17, 15) is 9.59 Å². The Hall–Kier alpha value is -5.40. The Balaban J connectivity index is 0.000000504. The number of hydrogen-bond donors (Lipinski definition) is 1. The molecule has 6 aromatic carbocycles. The van der Waals surface area contributed by atoms with Crippen LogP contribution in [0.15, 0.2) is 170 Å². The number of hydrogen-bond acceptors (Lipinski definition) is 10. The van der Waals surface area contributed by atoms with Gasteiger partial charge in [0.2, 0.25) is 0 Å². The van der Waals surface area contributed by atoms with E-state index >= 15 is 0 Å². The fourth-order valence-electron chi connectivity index (χ4n) is 6.87. The second kappa shape index (κ2) is 27.3. The molecule has 0 aliphatic carbocycles. The summed E-state index contributed by atoms with van der Waals surface area (Å²) in [5, 5.41) is 2.62. The molecule has 0 bridgehead atoms. The zero-order chi connectivity index (χ0) is 45.7. The summed E-state index contributed by atoms with van der Waals surface area (Å²) in [7, 11) is 0. The minimum atomic E-state index is -0.906. The Morgan fingerprint density at radius 3 is 1.61 bits per heavy atom. The molecule has 0 spiro atoms. The maximum Gasteiger partial charge on any atom is 2.00 e. The van der Waals surface area contributed by atoms with Crippen LogP contribution in [0.2, 0.25) is 0 Å². The number of esters is 1. The third-order valence-corrected chi connectivity index (χ3v) is 10.2. The van der Waals surface area contributed by atoms with Crippen LogP contribution in [0, 0.1) is 5.92 Å². The fourth-order valence-corrected chi connectivity index (χ4v) is 6.87. The second-order valence-corrected chi connectivity index (χ2v) is 16.8. The van der Waals surface area contributed by atoms with Crippen molar-refractivity contribution in [2.75, 3.05) is 18.5 Å². The molecule has 1 amide bonds. The molecule has 66 heavy (non-hydrogen) atoms. The van der Waals surface area contributed by atoms with Gasteiger partial charge in [0.05, 0.1) is 52.2 Å². The molecule has 1 fully saturated rings. The van der Waals surface area contributed by atoms with Crippen LogP contribution in [-0.2, 0) is 92.8 Å². The van der Waals surface area contributed by atoms with E-state index in [-0.39, 0.29) is 49.5 Å². The minimum absolute atomic E-state index is 0. The van der Waals surface area contributed by atoms with E-state index < -0.39 is 48.3 Å². The Bertz CT molecular complexity index is 2200. The molecular weight excluding hydrogens is 878 g/mol. The largest absolute Gasteiger partial charge is 2.00 e. The number of anilines is 1. The van der Waals surface area contributed by atoms with Gasteiger partial charge in [-0.05, 0) is 49.9 Å². The van der Waals surface area contributed by atoms with Gasteiger partial charge < -0.3 is 43.2 Å². The fraction of sp³-hybridized carbons (Fsp3) is 0.333. The number of carbonyl (C=O) groups excluding carboxylic acids is 2. The van der Waals surface area contributed by atoms with E-state index in [0.29, 0.717) is 19.8 Å². The van der Waals surface area contributed by atoms with E-state index in [1.54, 1.807) is 6.92 Å². The average molecular weight is 940 g/mol. The molecule has 0 radical (unpaired) electrons. The van der Waals surface area contributed by atoms with Crippen molar-refractivity contribution in [1.82, 2.24) is 0 Å². The van der Waals surface area contributed by atoms with E-state index in [2.05, 4.69) is 5.32 Å². The van der Waals surface area contributed by atoms with Gasteiger partial charge >= 0.3 is 29.1 Å².